The van der Waals surface area contributed by atoms with Crippen LogP contribution >= 0.6 is 0 Å². The van der Waals surface area contributed by atoms with Crippen molar-refractivity contribution in [3.63, 3.8) is 0 Å². The van der Waals surface area contributed by atoms with E-state index in [2.05, 4.69) is 0 Å². The Labute approximate surface area is 275 Å². The number of benzene rings is 7. The Morgan fingerprint density at radius 3 is 1.45 bits per heavy atom. The summed E-state index contributed by atoms with van der Waals surface area (Å²) in [6, 6.07) is 32.1. The maximum absolute atomic E-state index is 14.6. The fourth-order valence-electron chi connectivity index (χ4n) is 8.01. The van der Waals surface area contributed by atoms with E-state index in [-0.39, 0.29) is 27.5 Å². The zero-order valence-electron chi connectivity index (χ0n) is 25.6. The summed E-state index contributed by atoms with van der Waals surface area (Å²) in [6.07, 6.45) is -4.60. The molecule has 0 fully saturated rings. The monoisotopic (exact) mass is 658 g/mol. The Morgan fingerprint density at radius 1 is 0.510 bits per heavy atom. The predicted octanol–water partition coefficient (Wildman–Crippen LogP) is 11.5. The summed E-state index contributed by atoms with van der Waals surface area (Å²) in [4.78, 5) is 0. The third-order valence-corrected chi connectivity index (χ3v) is 9.82. The first kappa shape index (κ1) is 29.6. The highest BCUT2D eigenvalue weighted by molar-refractivity contribution is 6.18. The molecule has 1 aliphatic rings. The minimum absolute atomic E-state index is 0.120. The van der Waals surface area contributed by atoms with Gasteiger partial charge < -0.3 is 4.42 Å². The van der Waals surface area contributed by atoms with E-state index in [0.717, 1.165) is 21.7 Å². The first-order valence-electron chi connectivity index (χ1n) is 15.9. The molecule has 0 amide bonds. The molecule has 9 rings (SSSR count). The van der Waals surface area contributed by atoms with E-state index in [1.807, 2.05) is 30.4 Å². The Balaban J connectivity index is 1.33. The number of hydrogen-bond acceptors (Lipinski definition) is 1. The normalized spacial score (nSPS) is 15.2. The zero-order valence-corrected chi connectivity index (χ0v) is 25.6. The second kappa shape index (κ2) is 10.5. The molecule has 7 heteroatoms. The maximum Gasteiger partial charge on any atom is 0.417 e. The summed E-state index contributed by atoms with van der Waals surface area (Å²) in [5.41, 5.74) is 2.07. The van der Waals surface area contributed by atoms with Crippen LogP contribution in [0.2, 0.25) is 0 Å². The van der Waals surface area contributed by atoms with Crippen molar-refractivity contribution >= 4 is 66.2 Å². The van der Waals surface area contributed by atoms with Gasteiger partial charge in [0.15, 0.2) is 0 Å². The molecule has 1 nitrogen and oxygen atoms in total. The van der Waals surface area contributed by atoms with Crippen LogP contribution < -0.4 is 10.6 Å². The average molecular weight is 659 g/mol. The molecule has 240 valence electrons. The Hall–Kier alpha value is -5.56. The molecule has 49 heavy (non-hydrogen) atoms. The number of rotatable bonds is 2. The van der Waals surface area contributed by atoms with Crippen LogP contribution in [0.25, 0.3) is 77.3 Å². The van der Waals surface area contributed by atoms with Crippen molar-refractivity contribution in [2.24, 2.45) is 0 Å². The van der Waals surface area contributed by atoms with Gasteiger partial charge in [0.1, 0.15) is 11.0 Å². The van der Waals surface area contributed by atoms with Crippen molar-refractivity contribution in [2.45, 2.75) is 24.7 Å². The molecule has 1 heterocycles. The third-order valence-electron chi connectivity index (χ3n) is 9.82. The molecule has 1 aliphatic carbocycles. The van der Waals surface area contributed by atoms with Crippen LogP contribution in [-0.2, 0) is 12.4 Å². The third kappa shape index (κ3) is 4.41. The average Bonchev–Trinajstić information content (AvgIpc) is 3.46. The fraction of sp³-hybridized carbons (Fsp3) is 0.0952. The molecule has 1 aromatic heterocycles. The minimum atomic E-state index is -4.57. The standard InChI is InChI=1S/C42H24F6O/c43-41(44,45)39-28-14-5-1-10-24(28)36(25-11-2-6-15-29(25)39)23-20-21-32-35(22-23)49-34-19-9-18-33(38(32)34)37-26-12-3-7-16-30(26)40(42(46,47)48)31-17-8-4-13-27(31)37/h1-19,21-23H,20H2. The smallest absolute Gasteiger partial charge is 0.417 e. The van der Waals surface area contributed by atoms with Gasteiger partial charge in [-0.2, -0.15) is 26.3 Å². The lowest BCUT2D eigenvalue weighted by molar-refractivity contribution is -0.135. The molecule has 0 spiro atoms. The molecule has 1 unspecified atom stereocenters. The maximum atomic E-state index is 14.6. The quantitative estimate of drug-likeness (QED) is 0.133. The molecule has 0 aliphatic heterocycles. The molecule has 0 saturated heterocycles. The SMILES string of the molecule is FC(F)(F)c1c2ccccc2c(-c2cccc3oc4c(c23)=CCC(c2c3ccccc3c(C(F)(F)F)c3ccccc23)C=4)c2ccccc12. The van der Waals surface area contributed by atoms with E-state index in [9.17, 15) is 26.3 Å². The molecule has 8 aromatic rings. The van der Waals surface area contributed by atoms with Gasteiger partial charge in [-0.05, 0) is 78.3 Å². The first-order valence-corrected chi connectivity index (χ1v) is 15.9. The van der Waals surface area contributed by atoms with E-state index in [1.165, 1.54) is 24.3 Å². The van der Waals surface area contributed by atoms with Gasteiger partial charge in [0.05, 0.1) is 11.1 Å². The van der Waals surface area contributed by atoms with Crippen LogP contribution in [0.5, 0.6) is 0 Å². The van der Waals surface area contributed by atoms with Gasteiger partial charge in [0.25, 0.3) is 0 Å². The number of halogens is 6. The lowest BCUT2D eigenvalue weighted by atomic mass is 9.82. The molecule has 1 atom stereocenters. The highest BCUT2D eigenvalue weighted by atomic mass is 19.4. The van der Waals surface area contributed by atoms with Crippen molar-refractivity contribution in [3.8, 4) is 11.1 Å². The van der Waals surface area contributed by atoms with Crippen molar-refractivity contribution < 1.29 is 30.8 Å². The van der Waals surface area contributed by atoms with E-state index in [1.54, 1.807) is 72.8 Å². The van der Waals surface area contributed by atoms with Gasteiger partial charge in [-0.3, -0.25) is 0 Å². The topological polar surface area (TPSA) is 13.1 Å². The second-order valence-corrected chi connectivity index (χ2v) is 12.5. The number of hydrogen-bond donors (Lipinski definition) is 0. The fourth-order valence-corrected chi connectivity index (χ4v) is 8.01. The summed E-state index contributed by atoms with van der Waals surface area (Å²) in [7, 11) is 0. The summed E-state index contributed by atoms with van der Waals surface area (Å²) >= 11 is 0. The highest BCUT2D eigenvalue weighted by Crippen LogP contribution is 2.48. The summed E-state index contributed by atoms with van der Waals surface area (Å²) in [5, 5.41) is 4.17. The number of alkyl halides is 6. The van der Waals surface area contributed by atoms with Crippen molar-refractivity contribution in [2.75, 3.05) is 0 Å². The van der Waals surface area contributed by atoms with E-state index in [4.69, 9.17) is 4.42 Å². The molecule has 7 aromatic carbocycles. The van der Waals surface area contributed by atoms with Crippen LogP contribution in [0.15, 0.2) is 120 Å². The van der Waals surface area contributed by atoms with Gasteiger partial charge in [0, 0.05) is 16.5 Å². The summed E-state index contributed by atoms with van der Waals surface area (Å²) in [5.74, 6) is -0.290. The highest BCUT2D eigenvalue weighted by Gasteiger charge is 2.37. The van der Waals surface area contributed by atoms with Gasteiger partial charge in [0.2, 0.25) is 0 Å². The van der Waals surface area contributed by atoms with Crippen LogP contribution in [0.4, 0.5) is 26.3 Å². The largest absolute Gasteiger partial charge is 0.456 e. The van der Waals surface area contributed by atoms with Gasteiger partial charge >= 0.3 is 12.4 Å². The molecule has 0 N–H and O–H groups in total. The lowest BCUT2D eigenvalue weighted by Gasteiger charge is -2.22. The molecule has 0 radical (unpaired) electrons. The predicted molar refractivity (Wildman–Crippen MR) is 184 cm³/mol. The Kier molecular flexibility index (Phi) is 6.32. The molecule has 0 saturated carbocycles. The first-order chi connectivity index (χ1) is 23.6. The Bertz CT molecular complexity index is 2670. The molecular weight excluding hydrogens is 634 g/mol. The zero-order chi connectivity index (χ0) is 33.7. The van der Waals surface area contributed by atoms with Crippen LogP contribution in [0, 0.1) is 0 Å². The van der Waals surface area contributed by atoms with Crippen LogP contribution in [0.1, 0.15) is 29.0 Å². The summed E-state index contributed by atoms with van der Waals surface area (Å²) in [6.45, 7) is 0. The van der Waals surface area contributed by atoms with Crippen LogP contribution in [-0.4, -0.2) is 0 Å². The van der Waals surface area contributed by atoms with Gasteiger partial charge in [-0.25, -0.2) is 0 Å². The van der Waals surface area contributed by atoms with Gasteiger partial charge in [-0.1, -0.05) is 115 Å². The van der Waals surface area contributed by atoms with Gasteiger partial charge in [-0.15, -0.1) is 0 Å². The summed E-state index contributed by atoms with van der Waals surface area (Å²) < 4.78 is 93.7. The number of furan rings is 1. The van der Waals surface area contributed by atoms with E-state index >= 15 is 0 Å². The van der Waals surface area contributed by atoms with E-state index in [0.29, 0.717) is 44.5 Å². The number of fused-ring (bicyclic) bond motifs is 7. The molecule has 0 bridgehead atoms. The van der Waals surface area contributed by atoms with Crippen LogP contribution in [0.3, 0.4) is 0 Å². The van der Waals surface area contributed by atoms with Crippen molar-refractivity contribution in [1.29, 1.82) is 0 Å². The molecular formula is C42H24F6O. The second-order valence-electron chi connectivity index (χ2n) is 12.5. The van der Waals surface area contributed by atoms with E-state index < -0.39 is 23.5 Å². The van der Waals surface area contributed by atoms with Crippen molar-refractivity contribution in [3.05, 3.63) is 143 Å². The Morgan fingerprint density at radius 2 is 0.959 bits per heavy atom. The lowest BCUT2D eigenvalue weighted by Crippen LogP contribution is -2.25. The van der Waals surface area contributed by atoms with Crippen molar-refractivity contribution in [1.82, 2.24) is 0 Å². The minimum Gasteiger partial charge on any atom is -0.456 e.